The van der Waals surface area contributed by atoms with Gasteiger partial charge in [0.2, 0.25) is 0 Å². The molecule has 0 amide bonds. The molecule has 18 heavy (non-hydrogen) atoms. The van der Waals surface area contributed by atoms with Gasteiger partial charge in [-0.15, -0.1) is 0 Å². The van der Waals surface area contributed by atoms with Crippen molar-refractivity contribution in [2.75, 3.05) is 0 Å². The maximum atomic E-state index is 11.0. The van der Waals surface area contributed by atoms with Crippen LogP contribution in [0.15, 0.2) is 22.6 Å². The van der Waals surface area contributed by atoms with E-state index in [4.69, 9.17) is 9.66 Å². The van der Waals surface area contributed by atoms with E-state index in [9.17, 15) is 23.1 Å². The van der Waals surface area contributed by atoms with Crippen molar-refractivity contribution < 1.29 is 37.5 Å². The van der Waals surface area contributed by atoms with Crippen molar-refractivity contribution in [3.63, 3.8) is 0 Å². The summed E-state index contributed by atoms with van der Waals surface area (Å²) in [6, 6.07) is 0. The van der Waals surface area contributed by atoms with Gasteiger partial charge >= 0.3 is 5.97 Å². The molecule has 0 aromatic carbocycles. The minimum Gasteiger partial charge on any atom is -0.481 e. The summed E-state index contributed by atoms with van der Waals surface area (Å²) in [7, 11) is -4.62. The van der Waals surface area contributed by atoms with Gasteiger partial charge in [0, 0.05) is 5.57 Å². The lowest BCUT2D eigenvalue weighted by Gasteiger charge is -2.33. The standard InChI is InChI=1S/C9H10O8S/c1-5-2-6(18(14,15)16)3-7(8(11)12)9(5,13)17-4-10/h2-4,7,13H,1H3,(H,11,12)(H,14,15,16). The van der Waals surface area contributed by atoms with Crippen molar-refractivity contribution in [3.05, 3.63) is 22.6 Å². The second kappa shape index (κ2) is 4.52. The van der Waals surface area contributed by atoms with E-state index in [0.29, 0.717) is 6.08 Å². The number of rotatable bonds is 4. The fourth-order valence-corrected chi connectivity index (χ4v) is 2.16. The van der Waals surface area contributed by atoms with Gasteiger partial charge in [-0.2, -0.15) is 8.42 Å². The number of carbonyl (C=O) groups excluding carboxylic acids is 1. The average molecular weight is 278 g/mol. The quantitative estimate of drug-likeness (QED) is 0.348. The molecule has 2 atom stereocenters. The Labute approximate surface area is 102 Å². The van der Waals surface area contributed by atoms with E-state index >= 15 is 0 Å². The van der Waals surface area contributed by atoms with Gasteiger partial charge in [0.05, 0.1) is 4.91 Å². The van der Waals surface area contributed by atoms with Gasteiger partial charge in [-0.1, -0.05) is 0 Å². The second-order valence-corrected chi connectivity index (χ2v) is 5.02. The number of carbonyl (C=O) groups is 2. The number of carboxylic acids is 1. The van der Waals surface area contributed by atoms with Gasteiger partial charge in [-0.3, -0.25) is 14.1 Å². The van der Waals surface area contributed by atoms with Gasteiger partial charge in [-0.25, -0.2) is 0 Å². The van der Waals surface area contributed by atoms with Crippen LogP contribution in [-0.2, 0) is 24.4 Å². The Balaban J connectivity index is 3.40. The predicted octanol–water partition coefficient (Wildman–Crippen LogP) is -0.720. The van der Waals surface area contributed by atoms with E-state index in [1.54, 1.807) is 0 Å². The van der Waals surface area contributed by atoms with Crippen molar-refractivity contribution in [3.8, 4) is 0 Å². The number of carboxylic acid groups (broad SMARTS) is 1. The van der Waals surface area contributed by atoms with E-state index in [0.717, 1.165) is 13.0 Å². The van der Waals surface area contributed by atoms with E-state index in [2.05, 4.69) is 4.74 Å². The lowest BCUT2D eigenvalue weighted by atomic mass is 9.88. The summed E-state index contributed by atoms with van der Waals surface area (Å²) in [6.07, 6.45) is 1.41. The highest BCUT2D eigenvalue weighted by atomic mass is 32.2. The molecule has 1 aliphatic rings. The van der Waals surface area contributed by atoms with Crippen LogP contribution in [0.1, 0.15) is 6.92 Å². The largest absolute Gasteiger partial charge is 0.481 e. The summed E-state index contributed by atoms with van der Waals surface area (Å²) in [6.45, 7) is 1.01. The molecule has 0 heterocycles. The topological polar surface area (TPSA) is 138 Å². The molecule has 0 aromatic heterocycles. The van der Waals surface area contributed by atoms with Crippen LogP contribution in [0.25, 0.3) is 0 Å². The molecular weight excluding hydrogens is 268 g/mol. The van der Waals surface area contributed by atoms with Crippen LogP contribution in [0.5, 0.6) is 0 Å². The van der Waals surface area contributed by atoms with Crippen LogP contribution >= 0.6 is 0 Å². The molecule has 0 saturated heterocycles. The molecule has 0 aliphatic heterocycles. The molecule has 3 N–H and O–H groups in total. The van der Waals surface area contributed by atoms with Gasteiger partial charge in [0.15, 0.2) is 0 Å². The summed E-state index contributed by atoms with van der Waals surface area (Å²) in [4.78, 5) is 20.6. The summed E-state index contributed by atoms with van der Waals surface area (Å²) in [5, 5.41) is 18.8. The fraction of sp³-hybridized carbons (Fsp3) is 0.333. The molecule has 0 saturated carbocycles. The van der Waals surface area contributed by atoms with Crippen molar-refractivity contribution in [2.45, 2.75) is 12.7 Å². The maximum Gasteiger partial charge on any atom is 0.317 e. The SMILES string of the molecule is CC1=CC(S(=O)(=O)O)=CC(C(=O)O)C1(O)OC=O. The Morgan fingerprint density at radius 3 is 2.50 bits per heavy atom. The number of hydrogen-bond donors (Lipinski definition) is 3. The smallest absolute Gasteiger partial charge is 0.317 e. The van der Waals surface area contributed by atoms with Crippen LogP contribution in [0.3, 0.4) is 0 Å². The van der Waals surface area contributed by atoms with Crippen LogP contribution in [0, 0.1) is 5.92 Å². The molecule has 0 fully saturated rings. The first kappa shape index (κ1) is 14.4. The Morgan fingerprint density at radius 1 is 1.56 bits per heavy atom. The molecule has 1 rings (SSSR count). The Bertz CT molecular complexity index is 543. The van der Waals surface area contributed by atoms with Crippen LogP contribution in [-0.4, -0.2) is 41.4 Å². The monoisotopic (exact) mass is 278 g/mol. The van der Waals surface area contributed by atoms with Gasteiger partial charge in [-0.05, 0) is 19.1 Å². The van der Waals surface area contributed by atoms with E-state index < -0.39 is 32.7 Å². The number of aliphatic carboxylic acids is 1. The maximum absolute atomic E-state index is 11.0. The van der Waals surface area contributed by atoms with E-state index in [-0.39, 0.29) is 12.0 Å². The zero-order chi connectivity index (χ0) is 14.1. The van der Waals surface area contributed by atoms with Crippen molar-refractivity contribution in [1.29, 1.82) is 0 Å². The Morgan fingerprint density at radius 2 is 2.11 bits per heavy atom. The molecule has 0 radical (unpaired) electrons. The molecule has 8 nitrogen and oxygen atoms in total. The van der Waals surface area contributed by atoms with E-state index in [1.165, 1.54) is 0 Å². The van der Waals surface area contributed by atoms with Crippen LogP contribution < -0.4 is 0 Å². The first-order valence-electron chi connectivity index (χ1n) is 4.57. The van der Waals surface area contributed by atoms with Crippen molar-refractivity contribution in [1.82, 2.24) is 0 Å². The minimum atomic E-state index is -4.62. The number of ether oxygens (including phenoxy) is 1. The lowest BCUT2D eigenvalue weighted by Crippen LogP contribution is -2.46. The summed E-state index contributed by atoms with van der Waals surface area (Å²) >= 11 is 0. The lowest BCUT2D eigenvalue weighted by molar-refractivity contribution is -0.200. The molecule has 0 aromatic rings. The highest BCUT2D eigenvalue weighted by molar-refractivity contribution is 7.90. The summed E-state index contributed by atoms with van der Waals surface area (Å²) < 4.78 is 35.0. The first-order valence-corrected chi connectivity index (χ1v) is 6.01. The normalized spacial score (nSPS) is 28.1. The molecule has 1 aliphatic carbocycles. The van der Waals surface area contributed by atoms with Crippen molar-refractivity contribution in [2.24, 2.45) is 5.92 Å². The fourth-order valence-electron chi connectivity index (χ4n) is 1.53. The Kier molecular flexibility index (Phi) is 3.60. The van der Waals surface area contributed by atoms with Crippen LogP contribution in [0.2, 0.25) is 0 Å². The highest BCUT2D eigenvalue weighted by Crippen LogP contribution is 2.35. The zero-order valence-electron chi connectivity index (χ0n) is 9.10. The van der Waals surface area contributed by atoms with Gasteiger partial charge < -0.3 is 14.9 Å². The highest BCUT2D eigenvalue weighted by Gasteiger charge is 2.47. The second-order valence-electron chi connectivity index (χ2n) is 3.60. The van der Waals surface area contributed by atoms with Crippen LogP contribution in [0.4, 0.5) is 0 Å². The Hall–Kier alpha value is -1.71. The number of allylic oxidation sites excluding steroid dienone is 1. The third-order valence-corrected chi connectivity index (χ3v) is 3.32. The minimum absolute atomic E-state index is 0.153. The first-order chi connectivity index (χ1) is 8.13. The van der Waals surface area contributed by atoms with E-state index in [1.807, 2.05) is 0 Å². The average Bonchev–Trinajstić information content (AvgIpc) is 2.20. The third-order valence-electron chi connectivity index (χ3n) is 2.47. The molecule has 100 valence electrons. The zero-order valence-corrected chi connectivity index (χ0v) is 9.92. The van der Waals surface area contributed by atoms with Crippen molar-refractivity contribution >= 4 is 22.6 Å². The molecule has 0 spiro atoms. The van der Waals surface area contributed by atoms with Gasteiger partial charge in [0.1, 0.15) is 5.92 Å². The molecule has 0 bridgehead atoms. The number of hydrogen-bond acceptors (Lipinski definition) is 6. The summed E-state index contributed by atoms with van der Waals surface area (Å²) in [5.74, 6) is -5.94. The predicted molar refractivity (Wildman–Crippen MR) is 56.6 cm³/mol. The molecule has 2 unspecified atom stereocenters. The molecule has 9 heteroatoms. The van der Waals surface area contributed by atoms with Gasteiger partial charge in [0.25, 0.3) is 22.4 Å². The number of aliphatic hydroxyl groups is 1. The molecular formula is C9H10O8S. The summed E-state index contributed by atoms with van der Waals surface area (Å²) in [5.41, 5.74) is -0.239. The third kappa shape index (κ3) is 2.42.